The highest BCUT2D eigenvalue weighted by atomic mass is 16.5. The first-order valence-electron chi connectivity index (χ1n) is 38.5. The third kappa shape index (κ3) is 69.6. The van der Waals surface area contributed by atoms with Gasteiger partial charge >= 0.3 is 5.97 Å². The van der Waals surface area contributed by atoms with Gasteiger partial charge in [0.05, 0.1) is 25.4 Å². The van der Waals surface area contributed by atoms with Crippen molar-refractivity contribution in [2.45, 2.75) is 456 Å². The summed E-state index contributed by atoms with van der Waals surface area (Å²) in [5.41, 5.74) is 0. The van der Waals surface area contributed by atoms with Crippen LogP contribution in [0.2, 0.25) is 0 Å². The number of rotatable bonds is 73. The van der Waals surface area contributed by atoms with Crippen LogP contribution in [0.3, 0.4) is 0 Å². The molecule has 0 aromatic carbocycles. The van der Waals surface area contributed by atoms with Gasteiger partial charge in [-0.05, 0) is 32.1 Å². The highest BCUT2D eigenvalue weighted by Crippen LogP contribution is 2.20. The van der Waals surface area contributed by atoms with Crippen molar-refractivity contribution >= 4 is 11.9 Å². The Morgan fingerprint density at radius 3 is 0.819 bits per heavy atom. The Kier molecular flexibility index (Phi) is 71.8. The van der Waals surface area contributed by atoms with E-state index in [2.05, 4.69) is 19.2 Å². The molecule has 0 saturated carbocycles. The van der Waals surface area contributed by atoms with Gasteiger partial charge in [-0.15, -0.1) is 0 Å². The molecular weight excluding hydrogens is 1020 g/mol. The maximum absolute atomic E-state index is 12.5. The second-order valence-electron chi connectivity index (χ2n) is 26.7. The molecule has 0 rings (SSSR count). The van der Waals surface area contributed by atoms with Crippen LogP contribution in [0.1, 0.15) is 444 Å². The molecule has 1 amide bonds. The summed E-state index contributed by atoms with van der Waals surface area (Å²) in [6, 6.07) is -0.622. The molecule has 83 heavy (non-hydrogen) atoms. The number of allylic oxidation sites excluding steroid dienone is 1. The number of aliphatic hydroxyl groups is 2. The maximum atomic E-state index is 12.5. The third-order valence-corrected chi connectivity index (χ3v) is 18.3. The molecule has 0 spiro atoms. The summed E-state index contributed by atoms with van der Waals surface area (Å²) in [6.07, 6.45) is 91.9. The second-order valence-corrected chi connectivity index (χ2v) is 26.7. The Morgan fingerprint density at radius 1 is 0.325 bits per heavy atom. The lowest BCUT2D eigenvalue weighted by molar-refractivity contribution is -0.143. The zero-order chi connectivity index (χ0) is 59.9. The monoisotopic (exact) mass is 1170 g/mol. The maximum Gasteiger partial charge on any atom is 0.305 e. The largest absolute Gasteiger partial charge is 0.466 e. The summed E-state index contributed by atoms with van der Waals surface area (Å²) in [4.78, 5) is 24.6. The highest BCUT2D eigenvalue weighted by Gasteiger charge is 2.18. The minimum Gasteiger partial charge on any atom is -0.466 e. The zero-order valence-electron chi connectivity index (χ0n) is 56.7. The molecule has 0 bridgehead atoms. The van der Waals surface area contributed by atoms with Crippen LogP contribution >= 0.6 is 0 Å². The van der Waals surface area contributed by atoms with E-state index in [0.29, 0.717) is 19.4 Å². The number of amides is 1. The van der Waals surface area contributed by atoms with Gasteiger partial charge in [0.15, 0.2) is 0 Å². The van der Waals surface area contributed by atoms with Crippen molar-refractivity contribution in [3.63, 3.8) is 0 Å². The van der Waals surface area contributed by atoms with Crippen molar-refractivity contribution in [1.82, 2.24) is 5.32 Å². The van der Waals surface area contributed by atoms with Crippen LogP contribution in [0.5, 0.6) is 0 Å². The topological polar surface area (TPSA) is 95.9 Å². The van der Waals surface area contributed by atoms with Gasteiger partial charge in [-0.2, -0.15) is 0 Å². The van der Waals surface area contributed by atoms with Gasteiger partial charge in [-0.25, -0.2) is 0 Å². The molecule has 0 radical (unpaired) electrons. The predicted octanol–water partition coefficient (Wildman–Crippen LogP) is 25.1. The molecule has 2 unspecified atom stereocenters. The van der Waals surface area contributed by atoms with Crippen LogP contribution in [0.25, 0.3) is 0 Å². The van der Waals surface area contributed by atoms with E-state index in [-0.39, 0.29) is 18.5 Å². The number of esters is 1. The average molecular weight is 1170 g/mol. The van der Waals surface area contributed by atoms with E-state index in [4.69, 9.17) is 4.74 Å². The van der Waals surface area contributed by atoms with E-state index in [1.54, 1.807) is 6.08 Å². The van der Waals surface area contributed by atoms with E-state index in [1.165, 1.54) is 379 Å². The normalized spacial score (nSPS) is 12.5. The van der Waals surface area contributed by atoms with Crippen molar-refractivity contribution < 1.29 is 24.5 Å². The summed E-state index contributed by atoms with van der Waals surface area (Å²) in [5, 5.41) is 23.2. The highest BCUT2D eigenvalue weighted by molar-refractivity contribution is 5.76. The van der Waals surface area contributed by atoms with Crippen LogP contribution in [0, 0.1) is 0 Å². The number of hydrogen-bond acceptors (Lipinski definition) is 5. The fourth-order valence-electron chi connectivity index (χ4n) is 12.5. The molecule has 0 heterocycles. The Hall–Kier alpha value is -1.40. The van der Waals surface area contributed by atoms with E-state index in [0.717, 1.165) is 38.5 Å². The summed E-state index contributed by atoms with van der Waals surface area (Å²) in [7, 11) is 0. The molecule has 6 nitrogen and oxygen atoms in total. The number of aliphatic hydroxyl groups excluding tert-OH is 2. The minimum atomic E-state index is -0.839. The van der Waals surface area contributed by atoms with Gasteiger partial charge in [0.25, 0.3) is 0 Å². The van der Waals surface area contributed by atoms with Crippen LogP contribution in [-0.2, 0) is 14.3 Å². The number of carbonyl (C=O) groups is 2. The molecule has 0 aromatic rings. The van der Waals surface area contributed by atoms with Crippen LogP contribution in [0.4, 0.5) is 0 Å². The van der Waals surface area contributed by atoms with Gasteiger partial charge in [0, 0.05) is 12.8 Å². The van der Waals surface area contributed by atoms with Gasteiger partial charge in [0.2, 0.25) is 5.91 Å². The minimum absolute atomic E-state index is 0.0274. The van der Waals surface area contributed by atoms with Crippen molar-refractivity contribution in [2.75, 3.05) is 13.2 Å². The molecule has 3 N–H and O–H groups in total. The van der Waals surface area contributed by atoms with Crippen molar-refractivity contribution in [3.05, 3.63) is 12.2 Å². The Labute approximate surface area is 520 Å². The Balaban J connectivity index is 3.29. The van der Waals surface area contributed by atoms with Crippen LogP contribution in [-0.4, -0.2) is 47.4 Å². The lowest BCUT2D eigenvalue weighted by Gasteiger charge is -2.20. The van der Waals surface area contributed by atoms with E-state index in [9.17, 15) is 19.8 Å². The fraction of sp³-hybridized carbons (Fsp3) is 0.948. The smallest absolute Gasteiger partial charge is 0.305 e. The fourth-order valence-corrected chi connectivity index (χ4v) is 12.5. The first-order chi connectivity index (χ1) is 41.0. The van der Waals surface area contributed by atoms with E-state index < -0.39 is 12.1 Å². The third-order valence-electron chi connectivity index (χ3n) is 18.3. The van der Waals surface area contributed by atoms with Gasteiger partial charge < -0.3 is 20.3 Å². The predicted molar refractivity (Wildman–Crippen MR) is 366 cm³/mol. The van der Waals surface area contributed by atoms with Crippen molar-refractivity contribution in [1.29, 1.82) is 0 Å². The Morgan fingerprint density at radius 2 is 0.554 bits per heavy atom. The molecule has 0 aliphatic rings. The summed E-state index contributed by atoms with van der Waals surface area (Å²) < 4.78 is 5.52. The number of unbranched alkanes of at least 4 members (excludes halogenated alkanes) is 62. The molecule has 0 aliphatic heterocycles. The van der Waals surface area contributed by atoms with Crippen LogP contribution in [0.15, 0.2) is 12.2 Å². The molecule has 0 aliphatic carbocycles. The van der Waals surface area contributed by atoms with Gasteiger partial charge in [0.1, 0.15) is 0 Å². The molecule has 0 fully saturated rings. The van der Waals surface area contributed by atoms with Crippen molar-refractivity contribution in [2.24, 2.45) is 0 Å². The SMILES string of the molecule is CCCCCCCCCCCCCC/C=C/C(O)C(CO)NC(=O)CCCCCCCCCCCCCCCCCCCCCCCCCCCCCCCCCCCCCOC(=O)CCCCCCCCCCCCCCCCCCC. The standard InChI is InChI=1S/C77H151NO5/c1-3-5-7-9-11-13-15-17-19-39-43-47-51-55-59-63-67-71-77(82)83-72-68-64-60-56-52-48-44-41-38-36-34-32-30-28-26-24-22-20-21-23-25-27-29-31-33-35-37-40-42-46-50-54-58-62-66-70-76(81)78-74(73-79)75(80)69-65-61-57-53-49-45-18-16-14-12-10-8-6-4-2/h65,69,74-75,79-80H,3-64,66-68,70-73H2,1-2H3,(H,78,81)/b69-65+. The van der Waals surface area contributed by atoms with E-state index >= 15 is 0 Å². The number of nitrogens with one attached hydrogen (secondary N) is 1. The molecule has 0 aromatic heterocycles. The quantitative estimate of drug-likeness (QED) is 0.0320. The summed E-state index contributed by atoms with van der Waals surface area (Å²) >= 11 is 0. The number of carbonyl (C=O) groups excluding carboxylic acids is 2. The van der Waals surface area contributed by atoms with Gasteiger partial charge in [-0.1, -0.05) is 411 Å². The number of ether oxygens (including phenoxy) is 1. The van der Waals surface area contributed by atoms with Crippen molar-refractivity contribution in [3.8, 4) is 0 Å². The molecule has 494 valence electrons. The molecular formula is C77H151NO5. The lowest BCUT2D eigenvalue weighted by atomic mass is 10.0. The lowest BCUT2D eigenvalue weighted by Crippen LogP contribution is -2.45. The van der Waals surface area contributed by atoms with Crippen LogP contribution < -0.4 is 5.32 Å². The Bertz CT molecular complexity index is 1260. The average Bonchev–Trinajstić information content (AvgIpc) is 3.49. The van der Waals surface area contributed by atoms with Gasteiger partial charge in [-0.3, -0.25) is 9.59 Å². The summed E-state index contributed by atoms with van der Waals surface area (Å²) in [5.74, 6) is -0.0324. The molecule has 6 heteroatoms. The summed E-state index contributed by atoms with van der Waals surface area (Å²) in [6.45, 7) is 4.95. The molecule has 0 saturated heterocycles. The number of hydrogen-bond donors (Lipinski definition) is 3. The first-order valence-corrected chi connectivity index (χ1v) is 38.5. The van der Waals surface area contributed by atoms with E-state index in [1.807, 2.05) is 6.08 Å². The zero-order valence-corrected chi connectivity index (χ0v) is 56.7. The first kappa shape index (κ1) is 81.6. The molecule has 2 atom stereocenters. The second kappa shape index (κ2) is 73.1.